The maximum absolute atomic E-state index is 12.5. The fourth-order valence-electron chi connectivity index (χ4n) is 3.64. The molecule has 3 aromatic carbocycles. The zero-order chi connectivity index (χ0) is 24.0. The number of halogens is 1. The van der Waals surface area contributed by atoms with Gasteiger partial charge < -0.3 is 5.32 Å². The normalized spacial score (nSPS) is 11.2. The molecule has 0 aliphatic rings. The van der Waals surface area contributed by atoms with E-state index in [4.69, 9.17) is 11.6 Å². The average molecular weight is 497 g/mol. The van der Waals surface area contributed by atoms with Crippen LogP contribution in [-0.4, -0.2) is 21.1 Å². The molecule has 2 N–H and O–H groups in total. The SMILES string of the molecule is O=C(Cc1ccccc1Cl)Nc1cccc(Sc2ccc3c(/C=C/c4ccccn4)n[nH]c3c2)c1. The minimum absolute atomic E-state index is 0.106. The number of nitrogens with zero attached hydrogens (tertiary/aromatic N) is 2. The molecule has 35 heavy (non-hydrogen) atoms. The van der Waals surface area contributed by atoms with Gasteiger partial charge in [-0.25, -0.2) is 0 Å². The lowest BCUT2D eigenvalue weighted by Crippen LogP contribution is -2.14. The van der Waals surface area contributed by atoms with Crippen LogP contribution in [0.3, 0.4) is 0 Å². The van der Waals surface area contributed by atoms with Gasteiger partial charge >= 0.3 is 0 Å². The van der Waals surface area contributed by atoms with Gasteiger partial charge in [-0.2, -0.15) is 5.10 Å². The molecular formula is C28H21ClN4OS. The van der Waals surface area contributed by atoms with Gasteiger partial charge in [-0.05, 0) is 72.3 Å². The van der Waals surface area contributed by atoms with E-state index in [9.17, 15) is 4.79 Å². The summed E-state index contributed by atoms with van der Waals surface area (Å²) in [5.41, 5.74) is 4.26. The summed E-state index contributed by atoms with van der Waals surface area (Å²) in [7, 11) is 0. The number of hydrogen-bond acceptors (Lipinski definition) is 4. The van der Waals surface area contributed by atoms with Crippen LogP contribution in [0.5, 0.6) is 0 Å². The number of carbonyl (C=O) groups excluding carboxylic acids is 1. The number of H-pyrrole nitrogens is 1. The smallest absolute Gasteiger partial charge is 0.228 e. The first-order valence-electron chi connectivity index (χ1n) is 11.0. The lowest BCUT2D eigenvalue weighted by molar-refractivity contribution is -0.115. The Bertz CT molecular complexity index is 1510. The Balaban J connectivity index is 1.27. The van der Waals surface area contributed by atoms with Crippen molar-refractivity contribution < 1.29 is 4.79 Å². The zero-order valence-corrected chi connectivity index (χ0v) is 20.2. The summed E-state index contributed by atoms with van der Waals surface area (Å²) >= 11 is 7.80. The number of fused-ring (bicyclic) bond motifs is 1. The monoisotopic (exact) mass is 496 g/mol. The number of pyridine rings is 1. The van der Waals surface area contributed by atoms with Gasteiger partial charge in [0.1, 0.15) is 0 Å². The second kappa shape index (κ2) is 10.6. The molecule has 2 aromatic heterocycles. The van der Waals surface area contributed by atoms with Crippen LogP contribution in [0.2, 0.25) is 5.02 Å². The molecule has 0 spiro atoms. The Morgan fingerprint density at radius 3 is 2.66 bits per heavy atom. The van der Waals surface area contributed by atoms with Crippen LogP contribution in [0, 0.1) is 0 Å². The van der Waals surface area contributed by atoms with Crippen LogP contribution in [0.15, 0.2) is 101 Å². The highest BCUT2D eigenvalue weighted by Gasteiger charge is 2.09. The Hall–Kier alpha value is -3.87. The number of anilines is 1. The van der Waals surface area contributed by atoms with Gasteiger partial charge in [0, 0.05) is 32.1 Å². The van der Waals surface area contributed by atoms with Crippen molar-refractivity contribution in [3.05, 3.63) is 113 Å². The summed E-state index contributed by atoms with van der Waals surface area (Å²) in [5.74, 6) is -0.106. The third-order valence-electron chi connectivity index (χ3n) is 5.33. The van der Waals surface area contributed by atoms with Gasteiger partial charge in [0.15, 0.2) is 0 Å². The van der Waals surface area contributed by atoms with Crippen molar-refractivity contribution in [1.29, 1.82) is 0 Å². The molecule has 0 unspecified atom stereocenters. The minimum Gasteiger partial charge on any atom is -0.326 e. The van der Waals surface area contributed by atoms with Gasteiger partial charge in [-0.15, -0.1) is 0 Å². The number of aromatic nitrogens is 3. The number of rotatable bonds is 7. The zero-order valence-electron chi connectivity index (χ0n) is 18.6. The topological polar surface area (TPSA) is 70.7 Å². The van der Waals surface area contributed by atoms with E-state index in [1.165, 1.54) is 0 Å². The lowest BCUT2D eigenvalue weighted by Gasteiger charge is -2.08. The molecule has 172 valence electrons. The molecule has 0 bridgehead atoms. The Labute approximate surface area is 212 Å². The maximum atomic E-state index is 12.5. The molecule has 0 saturated carbocycles. The van der Waals surface area contributed by atoms with Gasteiger partial charge in [-0.3, -0.25) is 14.9 Å². The van der Waals surface area contributed by atoms with Crippen LogP contribution in [-0.2, 0) is 11.2 Å². The standard InChI is InChI=1S/C28H21ClN4OS/c29-25-10-2-1-6-19(25)16-28(34)31-21-8-5-9-22(17-21)35-23-12-13-24-26(32-33-27(24)18-23)14-11-20-7-3-4-15-30-20/h1-15,17-18H,16H2,(H,31,34)(H,32,33)/b14-11+. The summed E-state index contributed by atoms with van der Waals surface area (Å²) in [6.07, 6.45) is 5.91. The molecule has 5 rings (SSSR count). The van der Waals surface area contributed by atoms with E-state index in [1.807, 2.05) is 72.8 Å². The van der Waals surface area contributed by atoms with E-state index in [0.717, 1.165) is 43.3 Å². The third kappa shape index (κ3) is 5.80. The Morgan fingerprint density at radius 2 is 1.80 bits per heavy atom. The molecular weight excluding hydrogens is 476 g/mol. The summed E-state index contributed by atoms with van der Waals surface area (Å²) < 4.78 is 0. The van der Waals surface area contributed by atoms with Crippen molar-refractivity contribution >= 4 is 58.0 Å². The molecule has 0 atom stereocenters. The molecule has 0 aliphatic carbocycles. The predicted octanol–water partition coefficient (Wildman–Crippen LogP) is 7.11. The second-order valence-corrected chi connectivity index (χ2v) is 9.40. The fourth-order valence-corrected chi connectivity index (χ4v) is 4.76. The summed E-state index contributed by atoms with van der Waals surface area (Å²) in [6, 6.07) is 27.2. The molecule has 7 heteroatoms. The molecule has 0 aliphatic heterocycles. The van der Waals surface area contributed by atoms with Gasteiger partial charge in [0.25, 0.3) is 0 Å². The van der Waals surface area contributed by atoms with Crippen molar-refractivity contribution in [1.82, 2.24) is 15.2 Å². The highest BCUT2D eigenvalue weighted by Crippen LogP contribution is 2.32. The minimum atomic E-state index is -0.106. The number of nitrogens with one attached hydrogen (secondary N) is 2. The van der Waals surface area contributed by atoms with Crippen molar-refractivity contribution in [3.63, 3.8) is 0 Å². The number of aromatic amines is 1. The third-order valence-corrected chi connectivity index (χ3v) is 6.67. The molecule has 0 saturated heterocycles. The average Bonchev–Trinajstić information content (AvgIpc) is 3.27. The molecule has 5 nitrogen and oxygen atoms in total. The van der Waals surface area contributed by atoms with E-state index < -0.39 is 0 Å². The van der Waals surface area contributed by atoms with Gasteiger partial charge in [-0.1, -0.05) is 53.7 Å². The molecule has 5 aromatic rings. The number of carbonyl (C=O) groups is 1. The first kappa shape index (κ1) is 22.9. The van der Waals surface area contributed by atoms with Crippen LogP contribution in [0.25, 0.3) is 23.1 Å². The van der Waals surface area contributed by atoms with Crippen LogP contribution in [0.4, 0.5) is 5.69 Å². The van der Waals surface area contributed by atoms with Crippen LogP contribution >= 0.6 is 23.4 Å². The van der Waals surface area contributed by atoms with E-state index in [-0.39, 0.29) is 12.3 Å². The fraction of sp³-hybridized carbons (Fsp3) is 0.0357. The molecule has 2 heterocycles. The molecule has 0 fully saturated rings. The Kier molecular flexibility index (Phi) is 6.93. The van der Waals surface area contributed by atoms with Crippen molar-refractivity contribution in [2.45, 2.75) is 16.2 Å². The van der Waals surface area contributed by atoms with Crippen LogP contribution in [0.1, 0.15) is 17.0 Å². The summed E-state index contributed by atoms with van der Waals surface area (Å²) in [5, 5.41) is 12.2. The molecule has 1 amide bonds. The number of benzene rings is 3. The first-order valence-corrected chi connectivity index (χ1v) is 12.2. The number of hydrogen-bond donors (Lipinski definition) is 2. The summed E-state index contributed by atoms with van der Waals surface area (Å²) in [6.45, 7) is 0. The quantitative estimate of drug-likeness (QED) is 0.252. The Morgan fingerprint density at radius 1 is 0.943 bits per heavy atom. The predicted molar refractivity (Wildman–Crippen MR) is 144 cm³/mol. The van der Waals surface area contributed by atoms with E-state index in [2.05, 4.69) is 38.7 Å². The number of amides is 1. The van der Waals surface area contributed by atoms with Crippen molar-refractivity contribution in [2.24, 2.45) is 0 Å². The highest BCUT2D eigenvalue weighted by atomic mass is 35.5. The maximum Gasteiger partial charge on any atom is 0.228 e. The second-order valence-electron chi connectivity index (χ2n) is 7.85. The highest BCUT2D eigenvalue weighted by molar-refractivity contribution is 7.99. The largest absolute Gasteiger partial charge is 0.326 e. The van der Waals surface area contributed by atoms with Gasteiger partial charge in [0.05, 0.1) is 23.3 Å². The van der Waals surface area contributed by atoms with Crippen LogP contribution < -0.4 is 5.32 Å². The first-order chi connectivity index (χ1) is 17.1. The van der Waals surface area contributed by atoms with Crippen molar-refractivity contribution in [2.75, 3.05) is 5.32 Å². The van der Waals surface area contributed by atoms with Gasteiger partial charge in [0.2, 0.25) is 5.91 Å². The molecule has 0 radical (unpaired) electrons. The van der Waals surface area contributed by atoms with Crippen molar-refractivity contribution in [3.8, 4) is 0 Å². The van der Waals surface area contributed by atoms with E-state index in [1.54, 1.807) is 24.0 Å². The van der Waals surface area contributed by atoms with E-state index in [0.29, 0.717) is 5.02 Å². The lowest BCUT2D eigenvalue weighted by atomic mass is 10.1. The van der Waals surface area contributed by atoms with E-state index >= 15 is 0 Å². The summed E-state index contributed by atoms with van der Waals surface area (Å²) in [4.78, 5) is 18.9.